The highest BCUT2D eigenvalue weighted by atomic mass is 15.3. The fourth-order valence-corrected chi connectivity index (χ4v) is 3.93. The van der Waals surface area contributed by atoms with Gasteiger partial charge in [-0.2, -0.15) is 5.10 Å². The first kappa shape index (κ1) is 17.2. The van der Waals surface area contributed by atoms with Crippen LogP contribution in [0.25, 0.3) is 0 Å². The SMILES string of the molecule is CCCn1nc(C)c(CN2CCC[C@@H](Cc3nccn3C)C2)c1C. The molecular formula is C19H31N5. The number of likely N-dealkylation sites (tertiary alicyclic amines) is 1. The molecule has 24 heavy (non-hydrogen) atoms. The van der Waals surface area contributed by atoms with Gasteiger partial charge in [0.1, 0.15) is 5.82 Å². The zero-order chi connectivity index (χ0) is 17.1. The van der Waals surface area contributed by atoms with E-state index < -0.39 is 0 Å². The van der Waals surface area contributed by atoms with Crippen LogP contribution >= 0.6 is 0 Å². The summed E-state index contributed by atoms with van der Waals surface area (Å²) in [5, 5.41) is 4.73. The van der Waals surface area contributed by atoms with Gasteiger partial charge < -0.3 is 4.57 Å². The van der Waals surface area contributed by atoms with Gasteiger partial charge in [-0.1, -0.05) is 6.92 Å². The van der Waals surface area contributed by atoms with Crippen LogP contribution in [-0.2, 0) is 26.6 Å². The quantitative estimate of drug-likeness (QED) is 0.817. The highest BCUT2D eigenvalue weighted by Gasteiger charge is 2.23. The highest BCUT2D eigenvalue weighted by Crippen LogP contribution is 2.23. The van der Waals surface area contributed by atoms with Gasteiger partial charge in [-0.25, -0.2) is 4.98 Å². The van der Waals surface area contributed by atoms with E-state index in [1.54, 1.807) is 0 Å². The highest BCUT2D eigenvalue weighted by molar-refractivity contribution is 5.24. The van der Waals surface area contributed by atoms with Crippen LogP contribution in [0.3, 0.4) is 0 Å². The zero-order valence-corrected chi connectivity index (χ0v) is 15.6. The molecule has 0 saturated carbocycles. The van der Waals surface area contributed by atoms with Gasteiger partial charge in [0.05, 0.1) is 5.69 Å². The molecule has 0 spiro atoms. The van der Waals surface area contributed by atoms with E-state index in [-0.39, 0.29) is 0 Å². The van der Waals surface area contributed by atoms with Gasteiger partial charge in [-0.15, -0.1) is 0 Å². The number of aromatic nitrogens is 4. The van der Waals surface area contributed by atoms with E-state index in [0.29, 0.717) is 5.92 Å². The van der Waals surface area contributed by atoms with Crippen molar-refractivity contribution >= 4 is 0 Å². The van der Waals surface area contributed by atoms with Crippen molar-refractivity contribution in [3.63, 3.8) is 0 Å². The number of nitrogens with zero attached hydrogens (tertiary/aromatic N) is 5. The first-order valence-electron chi connectivity index (χ1n) is 9.30. The fraction of sp³-hybridized carbons (Fsp3) is 0.684. The molecule has 5 heteroatoms. The lowest BCUT2D eigenvalue weighted by molar-refractivity contribution is 0.165. The van der Waals surface area contributed by atoms with E-state index >= 15 is 0 Å². The Morgan fingerprint density at radius 3 is 2.83 bits per heavy atom. The first-order chi connectivity index (χ1) is 11.6. The molecule has 2 aromatic heterocycles. The number of hydrogen-bond donors (Lipinski definition) is 0. The van der Waals surface area contributed by atoms with Gasteiger partial charge in [-0.05, 0) is 45.6 Å². The molecule has 3 heterocycles. The lowest BCUT2D eigenvalue weighted by Crippen LogP contribution is -2.36. The lowest BCUT2D eigenvalue weighted by Gasteiger charge is -2.32. The molecule has 0 bridgehead atoms. The van der Waals surface area contributed by atoms with Crippen LogP contribution in [0.4, 0.5) is 0 Å². The number of piperidine rings is 1. The van der Waals surface area contributed by atoms with Crippen LogP contribution in [-0.4, -0.2) is 37.3 Å². The molecule has 132 valence electrons. The maximum atomic E-state index is 4.73. The molecule has 3 rings (SSSR count). The van der Waals surface area contributed by atoms with Crippen molar-refractivity contribution < 1.29 is 0 Å². The minimum absolute atomic E-state index is 0.714. The Balaban J connectivity index is 1.64. The molecule has 1 saturated heterocycles. The monoisotopic (exact) mass is 329 g/mol. The summed E-state index contributed by atoms with van der Waals surface area (Å²) in [5.41, 5.74) is 3.98. The number of imidazole rings is 1. The fourth-order valence-electron chi connectivity index (χ4n) is 3.93. The molecule has 1 fully saturated rings. The predicted molar refractivity (Wildman–Crippen MR) is 96.9 cm³/mol. The van der Waals surface area contributed by atoms with Gasteiger partial charge in [0, 0.05) is 56.8 Å². The minimum atomic E-state index is 0.714. The van der Waals surface area contributed by atoms with E-state index in [1.165, 1.54) is 48.7 Å². The minimum Gasteiger partial charge on any atom is -0.338 e. The molecule has 0 unspecified atom stereocenters. The maximum absolute atomic E-state index is 4.73. The lowest BCUT2D eigenvalue weighted by atomic mass is 9.94. The Bertz CT molecular complexity index is 669. The summed E-state index contributed by atoms with van der Waals surface area (Å²) in [7, 11) is 2.10. The molecule has 0 amide bonds. The van der Waals surface area contributed by atoms with Gasteiger partial charge in [0.25, 0.3) is 0 Å². The molecular weight excluding hydrogens is 298 g/mol. The van der Waals surface area contributed by atoms with Crippen molar-refractivity contribution in [2.75, 3.05) is 13.1 Å². The summed E-state index contributed by atoms with van der Waals surface area (Å²) >= 11 is 0. The molecule has 1 aliphatic heterocycles. The molecule has 1 atom stereocenters. The second kappa shape index (κ2) is 7.51. The summed E-state index contributed by atoms with van der Waals surface area (Å²) in [6, 6.07) is 0. The molecule has 2 aromatic rings. The van der Waals surface area contributed by atoms with Crippen LogP contribution in [0.2, 0.25) is 0 Å². The Hall–Kier alpha value is -1.62. The Labute approximate surface area is 145 Å². The Kier molecular flexibility index (Phi) is 5.39. The van der Waals surface area contributed by atoms with Crippen molar-refractivity contribution in [2.24, 2.45) is 13.0 Å². The van der Waals surface area contributed by atoms with E-state index in [4.69, 9.17) is 5.10 Å². The van der Waals surface area contributed by atoms with Crippen molar-refractivity contribution in [2.45, 2.75) is 59.5 Å². The topological polar surface area (TPSA) is 38.9 Å². The van der Waals surface area contributed by atoms with Gasteiger partial charge in [0.15, 0.2) is 0 Å². The normalized spacial score (nSPS) is 19.1. The summed E-state index contributed by atoms with van der Waals surface area (Å²) in [5.74, 6) is 1.93. The maximum Gasteiger partial charge on any atom is 0.108 e. The van der Waals surface area contributed by atoms with Crippen LogP contribution in [0.1, 0.15) is 49.0 Å². The average molecular weight is 329 g/mol. The standard InChI is InChI=1S/C19H31N5/c1-5-9-24-16(3)18(15(2)21-24)14-23-10-6-7-17(13-23)12-19-20-8-11-22(19)4/h8,11,17H,5-7,9-10,12-14H2,1-4H3/t17-/m0/s1. The Morgan fingerprint density at radius 2 is 2.12 bits per heavy atom. The molecule has 1 aliphatic rings. The first-order valence-corrected chi connectivity index (χ1v) is 9.30. The third kappa shape index (κ3) is 3.72. The van der Waals surface area contributed by atoms with Gasteiger partial charge in [-0.3, -0.25) is 9.58 Å². The smallest absolute Gasteiger partial charge is 0.108 e. The summed E-state index contributed by atoms with van der Waals surface area (Å²) < 4.78 is 4.34. The van der Waals surface area contributed by atoms with E-state index in [1.807, 2.05) is 12.4 Å². The second-order valence-electron chi connectivity index (χ2n) is 7.27. The van der Waals surface area contributed by atoms with E-state index in [2.05, 4.69) is 47.0 Å². The third-order valence-corrected chi connectivity index (χ3v) is 5.34. The number of aryl methyl sites for hydroxylation is 3. The van der Waals surface area contributed by atoms with E-state index in [9.17, 15) is 0 Å². The molecule has 5 nitrogen and oxygen atoms in total. The average Bonchev–Trinajstić information content (AvgIpc) is 3.07. The zero-order valence-electron chi connectivity index (χ0n) is 15.6. The van der Waals surface area contributed by atoms with Crippen LogP contribution in [0.15, 0.2) is 12.4 Å². The molecule has 0 N–H and O–H groups in total. The van der Waals surface area contributed by atoms with Crippen LogP contribution < -0.4 is 0 Å². The van der Waals surface area contributed by atoms with E-state index in [0.717, 1.165) is 25.9 Å². The van der Waals surface area contributed by atoms with Crippen molar-refractivity contribution in [1.82, 2.24) is 24.2 Å². The second-order valence-corrected chi connectivity index (χ2v) is 7.27. The summed E-state index contributed by atoms with van der Waals surface area (Å²) in [4.78, 5) is 7.12. The van der Waals surface area contributed by atoms with Crippen LogP contribution in [0.5, 0.6) is 0 Å². The predicted octanol–water partition coefficient (Wildman–Crippen LogP) is 3.10. The third-order valence-electron chi connectivity index (χ3n) is 5.34. The Morgan fingerprint density at radius 1 is 1.29 bits per heavy atom. The van der Waals surface area contributed by atoms with Gasteiger partial charge in [0.2, 0.25) is 0 Å². The largest absolute Gasteiger partial charge is 0.338 e. The van der Waals surface area contributed by atoms with Crippen molar-refractivity contribution in [1.29, 1.82) is 0 Å². The van der Waals surface area contributed by atoms with Crippen LogP contribution in [0, 0.1) is 19.8 Å². The van der Waals surface area contributed by atoms with Crippen molar-refractivity contribution in [3.05, 3.63) is 35.2 Å². The molecule has 0 aliphatic carbocycles. The number of rotatable bonds is 6. The molecule has 0 radical (unpaired) electrons. The van der Waals surface area contributed by atoms with Crippen molar-refractivity contribution in [3.8, 4) is 0 Å². The summed E-state index contributed by atoms with van der Waals surface area (Å²) in [6.07, 6.45) is 8.78. The summed E-state index contributed by atoms with van der Waals surface area (Å²) in [6.45, 7) is 11.0. The van der Waals surface area contributed by atoms with Gasteiger partial charge >= 0.3 is 0 Å². The number of hydrogen-bond acceptors (Lipinski definition) is 3. The molecule has 0 aromatic carbocycles.